The highest BCUT2D eigenvalue weighted by Crippen LogP contribution is 2.23. The fourth-order valence-electron chi connectivity index (χ4n) is 3.81. The van der Waals surface area contributed by atoms with Gasteiger partial charge in [-0.15, -0.1) is 0 Å². The van der Waals surface area contributed by atoms with Gasteiger partial charge in [-0.25, -0.2) is 12.8 Å². The zero-order valence-corrected chi connectivity index (χ0v) is 22.8. The summed E-state index contributed by atoms with van der Waals surface area (Å²) in [5, 5.41) is 3.42. The third kappa shape index (κ3) is 8.20. The van der Waals surface area contributed by atoms with E-state index < -0.39 is 21.9 Å². The van der Waals surface area contributed by atoms with E-state index in [2.05, 4.69) is 5.32 Å². The van der Waals surface area contributed by atoms with Crippen molar-refractivity contribution in [3.63, 3.8) is 0 Å². The van der Waals surface area contributed by atoms with Crippen LogP contribution in [-0.2, 0) is 26.2 Å². The summed E-state index contributed by atoms with van der Waals surface area (Å²) in [5.41, 5.74) is 0.631. The molecule has 0 spiro atoms. The quantitative estimate of drug-likeness (QED) is 0.398. The molecule has 0 bridgehead atoms. The number of carbonyl (C=O) groups is 2. The lowest BCUT2D eigenvalue weighted by molar-refractivity contribution is -0.141. The van der Waals surface area contributed by atoms with E-state index in [9.17, 15) is 22.4 Å². The largest absolute Gasteiger partial charge is 0.352 e. The molecule has 7 nitrogen and oxygen atoms in total. The first-order valence-electron chi connectivity index (χ1n) is 12.0. The van der Waals surface area contributed by atoms with Gasteiger partial charge < -0.3 is 10.2 Å². The smallest absolute Gasteiger partial charge is 0.243 e. The van der Waals surface area contributed by atoms with Crippen LogP contribution in [0.5, 0.6) is 0 Å². The van der Waals surface area contributed by atoms with E-state index in [-0.39, 0.29) is 49.5 Å². The molecule has 2 aromatic carbocycles. The van der Waals surface area contributed by atoms with Crippen molar-refractivity contribution in [3.05, 3.63) is 64.9 Å². The van der Waals surface area contributed by atoms with E-state index >= 15 is 0 Å². The minimum atomic E-state index is -3.78. The average molecular weight is 540 g/mol. The summed E-state index contributed by atoms with van der Waals surface area (Å²) in [4.78, 5) is 27.9. The molecule has 2 atom stereocenters. The van der Waals surface area contributed by atoms with Crippen LogP contribution in [0.15, 0.2) is 48.5 Å². The average Bonchev–Trinajstić information content (AvgIpc) is 2.82. The third-order valence-corrected chi connectivity index (χ3v) is 7.51. The standard InChI is InChI=1S/C26H35ClFN3O4S/c1-5-19(3)29-26(33)23(6-2)30(18-20-12-7-8-13-21(20)27)25(32)16-11-17-31(36(4,34)35)24-15-10-9-14-22(24)28/h7-10,12-15,19,23H,5-6,11,16-18H2,1-4H3,(H,29,33)/t19-,23-/m1/s1. The number of halogens is 2. The molecule has 198 valence electrons. The van der Waals surface area contributed by atoms with E-state index in [1.807, 2.05) is 26.8 Å². The molecular weight excluding hydrogens is 505 g/mol. The van der Waals surface area contributed by atoms with Gasteiger partial charge >= 0.3 is 0 Å². The number of benzene rings is 2. The molecule has 0 aliphatic carbocycles. The number of sulfonamides is 1. The number of nitrogens with zero attached hydrogens (tertiary/aromatic N) is 2. The van der Waals surface area contributed by atoms with Crippen molar-refractivity contribution >= 4 is 39.1 Å². The summed E-state index contributed by atoms with van der Waals surface area (Å²) in [6, 6.07) is 11.9. The van der Waals surface area contributed by atoms with Crippen LogP contribution in [0.1, 0.15) is 52.0 Å². The Labute approximate surface area is 218 Å². The zero-order chi connectivity index (χ0) is 26.9. The Kier molecular flexibility index (Phi) is 11.2. The summed E-state index contributed by atoms with van der Waals surface area (Å²) >= 11 is 6.34. The lowest BCUT2D eigenvalue weighted by atomic mass is 10.1. The van der Waals surface area contributed by atoms with Crippen molar-refractivity contribution in [1.82, 2.24) is 10.2 Å². The summed E-state index contributed by atoms with van der Waals surface area (Å²) in [7, 11) is -3.78. The Hall–Kier alpha value is -2.65. The lowest BCUT2D eigenvalue weighted by Gasteiger charge is -2.32. The van der Waals surface area contributed by atoms with Crippen LogP contribution in [0, 0.1) is 5.82 Å². The fraction of sp³-hybridized carbons (Fsp3) is 0.462. The topological polar surface area (TPSA) is 86.8 Å². The molecule has 0 fully saturated rings. The first kappa shape index (κ1) is 29.6. The second kappa shape index (κ2) is 13.6. The van der Waals surface area contributed by atoms with E-state index in [0.717, 1.165) is 17.0 Å². The number of rotatable bonds is 13. The molecular formula is C26H35ClFN3O4S. The Morgan fingerprint density at radius 3 is 2.28 bits per heavy atom. The Morgan fingerprint density at radius 2 is 1.69 bits per heavy atom. The van der Waals surface area contributed by atoms with Crippen LogP contribution < -0.4 is 9.62 Å². The van der Waals surface area contributed by atoms with Crippen LogP contribution in [0.4, 0.5) is 10.1 Å². The number of para-hydroxylation sites is 1. The number of hydrogen-bond donors (Lipinski definition) is 1. The summed E-state index contributed by atoms with van der Waals surface area (Å²) in [5.74, 6) is -1.23. The van der Waals surface area contributed by atoms with Crippen LogP contribution in [-0.4, -0.2) is 50.0 Å². The molecule has 0 saturated heterocycles. The molecule has 36 heavy (non-hydrogen) atoms. The van der Waals surface area contributed by atoms with E-state index in [1.54, 1.807) is 24.3 Å². The maximum atomic E-state index is 14.3. The van der Waals surface area contributed by atoms with Gasteiger partial charge in [-0.2, -0.15) is 0 Å². The number of hydrogen-bond acceptors (Lipinski definition) is 4. The monoisotopic (exact) mass is 539 g/mol. The Balaban J connectivity index is 2.25. The van der Waals surface area contributed by atoms with Crippen LogP contribution in [0.3, 0.4) is 0 Å². The molecule has 2 rings (SSSR count). The molecule has 0 heterocycles. The van der Waals surface area contributed by atoms with Crippen molar-refractivity contribution in [2.24, 2.45) is 0 Å². The first-order valence-corrected chi connectivity index (χ1v) is 14.3. The van der Waals surface area contributed by atoms with E-state index in [0.29, 0.717) is 17.0 Å². The molecule has 2 aromatic rings. The maximum absolute atomic E-state index is 14.3. The number of amides is 2. The minimum absolute atomic E-state index is 0.0297. The third-order valence-electron chi connectivity index (χ3n) is 5.96. The molecule has 0 radical (unpaired) electrons. The highest BCUT2D eigenvalue weighted by Gasteiger charge is 2.30. The van der Waals surface area contributed by atoms with Gasteiger partial charge in [-0.05, 0) is 49.9 Å². The van der Waals surface area contributed by atoms with Crippen molar-refractivity contribution < 1.29 is 22.4 Å². The van der Waals surface area contributed by atoms with Gasteiger partial charge in [0.15, 0.2) is 0 Å². The molecule has 10 heteroatoms. The van der Waals surface area contributed by atoms with Gasteiger partial charge in [0, 0.05) is 30.6 Å². The molecule has 0 saturated carbocycles. The second-order valence-electron chi connectivity index (χ2n) is 8.75. The van der Waals surface area contributed by atoms with Crippen molar-refractivity contribution in [1.29, 1.82) is 0 Å². The van der Waals surface area contributed by atoms with E-state index in [4.69, 9.17) is 11.6 Å². The van der Waals surface area contributed by atoms with Crippen molar-refractivity contribution in [2.45, 2.75) is 65.1 Å². The predicted octanol–water partition coefficient (Wildman–Crippen LogP) is 4.75. The van der Waals surface area contributed by atoms with Gasteiger partial charge in [0.25, 0.3) is 0 Å². The van der Waals surface area contributed by atoms with Crippen LogP contribution in [0.25, 0.3) is 0 Å². The normalized spacial score (nSPS) is 13.1. The molecule has 0 aromatic heterocycles. The summed E-state index contributed by atoms with van der Waals surface area (Å²) in [6.45, 7) is 5.74. The van der Waals surface area contributed by atoms with Gasteiger partial charge in [0.05, 0.1) is 11.9 Å². The van der Waals surface area contributed by atoms with Gasteiger partial charge in [-0.3, -0.25) is 13.9 Å². The highest BCUT2D eigenvalue weighted by molar-refractivity contribution is 7.92. The van der Waals surface area contributed by atoms with Gasteiger partial charge in [0.2, 0.25) is 21.8 Å². The molecule has 0 aliphatic heterocycles. The summed E-state index contributed by atoms with van der Waals surface area (Å²) < 4.78 is 39.9. The molecule has 0 unspecified atom stereocenters. The van der Waals surface area contributed by atoms with Crippen LogP contribution >= 0.6 is 11.6 Å². The lowest BCUT2D eigenvalue weighted by Crippen LogP contribution is -2.50. The minimum Gasteiger partial charge on any atom is -0.352 e. The number of nitrogens with one attached hydrogen (secondary N) is 1. The first-order chi connectivity index (χ1) is 17.0. The van der Waals surface area contributed by atoms with Gasteiger partial charge in [0.1, 0.15) is 11.9 Å². The Morgan fingerprint density at radius 1 is 1.06 bits per heavy atom. The van der Waals surface area contributed by atoms with Crippen LogP contribution in [0.2, 0.25) is 5.02 Å². The predicted molar refractivity (Wildman–Crippen MR) is 142 cm³/mol. The van der Waals surface area contributed by atoms with Crippen molar-refractivity contribution in [3.8, 4) is 0 Å². The SMILES string of the molecule is CC[C@@H](C)NC(=O)[C@@H](CC)N(Cc1ccccc1Cl)C(=O)CCCN(c1ccccc1F)S(C)(=O)=O. The fourth-order valence-corrected chi connectivity index (χ4v) is 4.97. The van der Waals surface area contributed by atoms with Crippen molar-refractivity contribution in [2.75, 3.05) is 17.1 Å². The number of anilines is 1. The molecule has 1 N–H and O–H groups in total. The molecule has 2 amide bonds. The Bertz CT molecular complexity index is 1150. The summed E-state index contributed by atoms with van der Waals surface area (Å²) in [6.07, 6.45) is 2.25. The second-order valence-corrected chi connectivity index (χ2v) is 11.1. The molecule has 0 aliphatic rings. The zero-order valence-electron chi connectivity index (χ0n) is 21.2. The highest BCUT2D eigenvalue weighted by atomic mass is 35.5. The van der Waals surface area contributed by atoms with Gasteiger partial charge in [-0.1, -0.05) is 55.8 Å². The maximum Gasteiger partial charge on any atom is 0.243 e. The van der Waals surface area contributed by atoms with E-state index in [1.165, 1.54) is 23.1 Å². The number of carbonyl (C=O) groups excluding carboxylic acids is 2.